The van der Waals surface area contributed by atoms with E-state index >= 15 is 0 Å². The molecule has 0 radical (unpaired) electrons. The highest BCUT2D eigenvalue weighted by molar-refractivity contribution is 6.34. The minimum Gasteiger partial charge on any atom is -0.478 e. The Morgan fingerprint density at radius 3 is 2.38 bits per heavy atom. The summed E-state index contributed by atoms with van der Waals surface area (Å²) in [6.07, 6.45) is 1.46. The molecule has 37 heavy (non-hydrogen) atoms. The fourth-order valence-corrected chi connectivity index (χ4v) is 4.95. The standard InChI is InChI=1S/C25H30ClN7O4/c1-13(2)16-10-15(11-17(20(16)26)24(35)36)28-25(37)29-23(34)18-12-27-22-19(14(3)30-32(22)5)21(18)33-8-6-31(4)7-9-33/h10-13H,6-9H2,1-5H3,(H,35,36)(H2,28,29,34,37). The van der Waals surface area contributed by atoms with Gasteiger partial charge in [0.15, 0.2) is 5.65 Å². The summed E-state index contributed by atoms with van der Waals surface area (Å²) >= 11 is 6.25. The van der Waals surface area contributed by atoms with Crippen molar-refractivity contribution in [3.63, 3.8) is 0 Å². The number of nitrogens with zero attached hydrogens (tertiary/aromatic N) is 5. The maximum absolute atomic E-state index is 13.3. The molecular weight excluding hydrogens is 498 g/mol. The van der Waals surface area contributed by atoms with Gasteiger partial charge >= 0.3 is 12.0 Å². The number of benzene rings is 1. The molecule has 0 saturated carbocycles. The highest BCUT2D eigenvalue weighted by Gasteiger charge is 2.27. The second-order valence-corrected chi connectivity index (χ2v) is 9.89. The topological polar surface area (TPSA) is 133 Å². The summed E-state index contributed by atoms with van der Waals surface area (Å²) in [6, 6.07) is 2.07. The number of urea groups is 1. The molecule has 11 nitrogen and oxygen atoms in total. The summed E-state index contributed by atoms with van der Waals surface area (Å²) in [5, 5.41) is 19.8. The third kappa shape index (κ3) is 5.23. The normalized spacial score (nSPS) is 14.3. The number of carboxylic acid groups (broad SMARTS) is 1. The third-order valence-corrected chi connectivity index (χ3v) is 6.92. The molecule has 0 spiro atoms. The van der Waals surface area contributed by atoms with Gasteiger partial charge in [-0.1, -0.05) is 25.4 Å². The highest BCUT2D eigenvalue weighted by atomic mass is 35.5. The zero-order valence-electron chi connectivity index (χ0n) is 21.4. The van der Waals surface area contributed by atoms with Crippen LogP contribution in [0.5, 0.6) is 0 Å². The van der Waals surface area contributed by atoms with Gasteiger partial charge in [-0.05, 0) is 37.6 Å². The number of carbonyl (C=O) groups is 3. The van der Waals surface area contributed by atoms with Gasteiger partial charge in [0.1, 0.15) is 0 Å². The summed E-state index contributed by atoms with van der Waals surface area (Å²) in [7, 11) is 3.84. The number of anilines is 2. The Balaban J connectivity index is 1.65. The van der Waals surface area contributed by atoms with Crippen molar-refractivity contribution in [2.24, 2.45) is 7.05 Å². The van der Waals surface area contributed by atoms with E-state index in [-0.39, 0.29) is 27.8 Å². The number of fused-ring (bicyclic) bond motifs is 1. The number of rotatable bonds is 5. The van der Waals surface area contributed by atoms with Crippen LogP contribution < -0.4 is 15.5 Å². The number of pyridine rings is 1. The van der Waals surface area contributed by atoms with Crippen molar-refractivity contribution in [3.8, 4) is 0 Å². The van der Waals surface area contributed by atoms with Gasteiger partial charge in [0.2, 0.25) is 0 Å². The van der Waals surface area contributed by atoms with E-state index in [0.29, 0.717) is 30.0 Å². The number of halogens is 1. The lowest BCUT2D eigenvalue weighted by atomic mass is 9.99. The Kier molecular flexibility index (Phi) is 7.37. The van der Waals surface area contributed by atoms with Crippen LogP contribution in [-0.4, -0.2) is 75.9 Å². The molecule has 1 aliphatic rings. The van der Waals surface area contributed by atoms with Crippen molar-refractivity contribution in [2.45, 2.75) is 26.7 Å². The predicted octanol–water partition coefficient (Wildman–Crippen LogP) is 3.47. The molecule has 0 bridgehead atoms. The Bertz CT molecular complexity index is 1390. The molecule has 0 aliphatic carbocycles. The van der Waals surface area contributed by atoms with Crippen LogP contribution in [0.15, 0.2) is 18.3 Å². The zero-order valence-corrected chi connectivity index (χ0v) is 22.2. The van der Waals surface area contributed by atoms with E-state index in [1.165, 1.54) is 12.3 Å². The van der Waals surface area contributed by atoms with Crippen molar-refractivity contribution in [2.75, 3.05) is 43.4 Å². The molecular formula is C25H30ClN7O4. The molecule has 2 aromatic heterocycles. The van der Waals surface area contributed by atoms with Crippen LogP contribution in [0.1, 0.15) is 51.7 Å². The van der Waals surface area contributed by atoms with Gasteiger partial charge in [0, 0.05) is 45.1 Å². The molecule has 1 aromatic carbocycles. The predicted molar refractivity (Wildman–Crippen MR) is 142 cm³/mol. The fraction of sp³-hybridized carbons (Fsp3) is 0.400. The molecule has 0 unspecified atom stereocenters. The van der Waals surface area contributed by atoms with E-state index < -0.39 is 17.9 Å². The van der Waals surface area contributed by atoms with E-state index in [9.17, 15) is 19.5 Å². The second-order valence-electron chi connectivity index (χ2n) is 9.51. The molecule has 1 saturated heterocycles. The quantitative estimate of drug-likeness (QED) is 0.459. The molecule has 3 aromatic rings. The summed E-state index contributed by atoms with van der Waals surface area (Å²) < 4.78 is 1.67. The fourth-order valence-electron chi connectivity index (χ4n) is 4.55. The first kappa shape index (κ1) is 26.4. The molecule has 4 rings (SSSR count). The van der Waals surface area contributed by atoms with Gasteiger partial charge < -0.3 is 20.2 Å². The second kappa shape index (κ2) is 10.3. The van der Waals surface area contributed by atoms with Crippen molar-refractivity contribution in [3.05, 3.63) is 45.7 Å². The Morgan fingerprint density at radius 1 is 1.08 bits per heavy atom. The lowest BCUT2D eigenvalue weighted by Crippen LogP contribution is -2.45. The minimum absolute atomic E-state index is 0.0799. The van der Waals surface area contributed by atoms with Gasteiger partial charge in [0.25, 0.3) is 5.91 Å². The molecule has 0 atom stereocenters. The number of hydrogen-bond donors (Lipinski definition) is 3. The molecule has 3 N–H and O–H groups in total. The number of aromatic nitrogens is 3. The van der Waals surface area contributed by atoms with Crippen LogP contribution in [0.2, 0.25) is 5.02 Å². The summed E-state index contributed by atoms with van der Waals surface area (Å²) in [5.74, 6) is -1.92. The van der Waals surface area contributed by atoms with E-state index in [2.05, 4.69) is 30.5 Å². The van der Waals surface area contributed by atoms with E-state index in [0.717, 1.165) is 24.2 Å². The number of carboxylic acids is 1. The molecule has 196 valence electrons. The van der Waals surface area contributed by atoms with Gasteiger partial charge in [-0.2, -0.15) is 5.10 Å². The first-order valence-electron chi connectivity index (χ1n) is 11.9. The zero-order chi connectivity index (χ0) is 27.0. The monoisotopic (exact) mass is 527 g/mol. The number of aromatic carboxylic acids is 1. The molecule has 1 fully saturated rings. The van der Waals surface area contributed by atoms with Crippen molar-refractivity contribution < 1.29 is 19.5 Å². The van der Waals surface area contributed by atoms with Gasteiger partial charge in [-0.3, -0.25) is 14.8 Å². The Morgan fingerprint density at radius 2 is 1.76 bits per heavy atom. The van der Waals surface area contributed by atoms with E-state index in [1.807, 2.05) is 27.8 Å². The number of nitrogens with one attached hydrogen (secondary N) is 2. The van der Waals surface area contributed by atoms with Crippen LogP contribution >= 0.6 is 11.6 Å². The lowest BCUT2D eigenvalue weighted by molar-refractivity contribution is 0.0696. The molecule has 1 aliphatic heterocycles. The number of amides is 3. The van der Waals surface area contributed by atoms with Crippen LogP contribution in [-0.2, 0) is 7.05 Å². The van der Waals surface area contributed by atoms with Crippen molar-refractivity contribution in [1.29, 1.82) is 0 Å². The number of imide groups is 1. The third-order valence-electron chi connectivity index (χ3n) is 6.50. The van der Waals surface area contributed by atoms with Crippen LogP contribution in [0, 0.1) is 6.92 Å². The van der Waals surface area contributed by atoms with Crippen LogP contribution in [0.4, 0.5) is 16.2 Å². The number of aryl methyl sites for hydroxylation is 2. The average Bonchev–Trinajstić information content (AvgIpc) is 3.13. The Hall–Kier alpha value is -3.70. The maximum atomic E-state index is 13.3. The molecule has 3 amide bonds. The number of carbonyl (C=O) groups excluding carboxylic acids is 2. The van der Waals surface area contributed by atoms with Crippen molar-refractivity contribution >= 4 is 51.9 Å². The first-order chi connectivity index (χ1) is 17.5. The molecule has 12 heteroatoms. The number of piperazine rings is 1. The van der Waals surface area contributed by atoms with Crippen LogP contribution in [0.25, 0.3) is 11.0 Å². The summed E-state index contributed by atoms with van der Waals surface area (Å²) in [6.45, 7) is 8.66. The largest absolute Gasteiger partial charge is 0.478 e. The SMILES string of the molecule is Cc1nn(C)c2ncc(C(=O)NC(=O)Nc3cc(C(=O)O)c(Cl)c(C(C)C)c3)c(N3CCN(C)CC3)c12. The maximum Gasteiger partial charge on any atom is 0.337 e. The molecule has 3 heterocycles. The van der Waals surface area contributed by atoms with Gasteiger partial charge in [-0.15, -0.1) is 0 Å². The summed E-state index contributed by atoms with van der Waals surface area (Å²) in [5.41, 5.74) is 2.99. The smallest absolute Gasteiger partial charge is 0.337 e. The lowest BCUT2D eigenvalue weighted by Gasteiger charge is -2.35. The highest BCUT2D eigenvalue weighted by Crippen LogP contribution is 2.33. The van der Waals surface area contributed by atoms with E-state index in [4.69, 9.17) is 11.6 Å². The average molecular weight is 528 g/mol. The van der Waals surface area contributed by atoms with Crippen LogP contribution in [0.3, 0.4) is 0 Å². The van der Waals surface area contributed by atoms with Gasteiger partial charge in [-0.25, -0.2) is 14.6 Å². The first-order valence-corrected chi connectivity index (χ1v) is 12.3. The minimum atomic E-state index is -1.21. The summed E-state index contributed by atoms with van der Waals surface area (Å²) in [4.78, 5) is 46.6. The Labute approximate surface area is 219 Å². The number of hydrogen-bond acceptors (Lipinski definition) is 7. The van der Waals surface area contributed by atoms with Crippen molar-refractivity contribution in [1.82, 2.24) is 25.0 Å². The number of likely N-dealkylation sites (N-methyl/N-ethyl adjacent to an activating group) is 1. The van der Waals surface area contributed by atoms with Gasteiger partial charge in [0.05, 0.1) is 32.9 Å². The van der Waals surface area contributed by atoms with E-state index in [1.54, 1.807) is 17.8 Å².